The molecule has 0 N–H and O–H groups in total. The lowest BCUT2D eigenvalue weighted by atomic mass is 10.1. The molecule has 2 unspecified atom stereocenters. The van der Waals surface area contributed by atoms with Gasteiger partial charge in [0.25, 0.3) is 0 Å². The minimum Gasteiger partial charge on any atom is -0.375 e. The van der Waals surface area contributed by atoms with Crippen molar-refractivity contribution in [3.63, 3.8) is 0 Å². The van der Waals surface area contributed by atoms with Crippen molar-refractivity contribution in [3.05, 3.63) is 23.9 Å². The first-order chi connectivity index (χ1) is 8.61. The highest BCUT2D eigenvalue weighted by Gasteiger charge is 2.26. The van der Waals surface area contributed by atoms with Gasteiger partial charge in [0.05, 0.1) is 18.8 Å². The van der Waals surface area contributed by atoms with E-state index in [1.807, 2.05) is 12.1 Å². The number of carbonyl (C=O) groups is 1. The van der Waals surface area contributed by atoms with E-state index in [1.54, 1.807) is 13.1 Å². The third-order valence-corrected chi connectivity index (χ3v) is 3.39. The first-order valence-corrected chi connectivity index (χ1v) is 6.47. The fourth-order valence-corrected chi connectivity index (χ4v) is 2.23. The van der Waals surface area contributed by atoms with E-state index < -0.39 is 0 Å². The maximum atomic E-state index is 11.2. The molecule has 4 heteroatoms. The van der Waals surface area contributed by atoms with Crippen LogP contribution in [0.15, 0.2) is 18.3 Å². The van der Waals surface area contributed by atoms with Crippen molar-refractivity contribution in [3.8, 4) is 0 Å². The Hall–Kier alpha value is -1.42. The van der Waals surface area contributed by atoms with Gasteiger partial charge in [-0.3, -0.25) is 4.79 Å². The van der Waals surface area contributed by atoms with Crippen LogP contribution in [0.5, 0.6) is 0 Å². The fourth-order valence-electron chi connectivity index (χ4n) is 2.23. The summed E-state index contributed by atoms with van der Waals surface area (Å²) >= 11 is 0. The highest BCUT2D eigenvalue weighted by molar-refractivity contribution is 5.93. The minimum absolute atomic E-state index is 0.0523. The highest BCUT2D eigenvalue weighted by atomic mass is 16.5. The quantitative estimate of drug-likeness (QED) is 0.770. The first-order valence-electron chi connectivity index (χ1n) is 6.47. The molecular weight excluding hydrogens is 228 g/mol. The summed E-state index contributed by atoms with van der Waals surface area (Å²) in [5, 5.41) is 0. The van der Waals surface area contributed by atoms with Gasteiger partial charge in [-0.15, -0.1) is 0 Å². The molecule has 0 amide bonds. The van der Waals surface area contributed by atoms with E-state index in [0.29, 0.717) is 11.6 Å². The lowest BCUT2D eigenvalue weighted by molar-refractivity contribution is 0.0296. The lowest BCUT2D eigenvalue weighted by Gasteiger charge is -2.39. The monoisotopic (exact) mass is 248 g/mol. The molecule has 18 heavy (non-hydrogen) atoms. The molecule has 2 atom stereocenters. The number of hydrogen-bond acceptors (Lipinski definition) is 4. The van der Waals surface area contributed by atoms with E-state index in [1.165, 1.54) is 0 Å². The second kappa shape index (κ2) is 5.48. The van der Waals surface area contributed by atoms with Crippen LogP contribution in [-0.4, -0.2) is 36.1 Å². The van der Waals surface area contributed by atoms with Crippen molar-refractivity contribution < 1.29 is 9.53 Å². The van der Waals surface area contributed by atoms with Gasteiger partial charge in [-0.05, 0) is 32.4 Å². The van der Waals surface area contributed by atoms with Crippen LogP contribution in [0.2, 0.25) is 0 Å². The van der Waals surface area contributed by atoms with Crippen LogP contribution in [-0.2, 0) is 4.74 Å². The zero-order chi connectivity index (χ0) is 13.1. The predicted molar refractivity (Wildman–Crippen MR) is 71.1 cm³/mol. The Kier molecular flexibility index (Phi) is 3.97. The highest BCUT2D eigenvalue weighted by Crippen LogP contribution is 2.21. The standard InChI is InChI=1S/C14H20N2O2/c1-4-13-9-18-10(2)8-16(13)14-6-5-12(7-15-14)11(3)17/h5-7,10,13H,4,8-9H2,1-3H3. The maximum absolute atomic E-state index is 11.2. The van der Waals surface area contributed by atoms with Gasteiger partial charge in [0.15, 0.2) is 5.78 Å². The minimum atomic E-state index is 0.0523. The number of carbonyl (C=O) groups excluding carboxylic acids is 1. The number of rotatable bonds is 3. The van der Waals surface area contributed by atoms with Crippen molar-refractivity contribution in [2.75, 3.05) is 18.1 Å². The number of nitrogens with zero attached hydrogens (tertiary/aromatic N) is 2. The number of aromatic nitrogens is 1. The van der Waals surface area contributed by atoms with E-state index in [0.717, 1.165) is 25.4 Å². The van der Waals surface area contributed by atoms with Crippen LogP contribution in [0.25, 0.3) is 0 Å². The van der Waals surface area contributed by atoms with Gasteiger partial charge >= 0.3 is 0 Å². The van der Waals surface area contributed by atoms with Gasteiger partial charge in [0.2, 0.25) is 0 Å². The van der Waals surface area contributed by atoms with Crippen LogP contribution in [0.1, 0.15) is 37.6 Å². The number of pyridine rings is 1. The SMILES string of the molecule is CCC1COC(C)CN1c1ccc(C(C)=O)cn1. The average molecular weight is 248 g/mol. The van der Waals surface area contributed by atoms with E-state index in [2.05, 4.69) is 23.7 Å². The molecule has 0 radical (unpaired) electrons. The Morgan fingerprint density at radius 1 is 1.56 bits per heavy atom. The van der Waals surface area contributed by atoms with E-state index in [9.17, 15) is 4.79 Å². The zero-order valence-corrected chi connectivity index (χ0v) is 11.2. The van der Waals surface area contributed by atoms with Crippen molar-refractivity contribution in [2.24, 2.45) is 0 Å². The van der Waals surface area contributed by atoms with E-state index in [4.69, 9.17) is 4.74 Å². The number of morpholine rings is 1. The van der Waals surface area contributed by atoms with Gasteiger partial charge in [-0.1, -0.05) is 6.92 Å². The van der Waals surface area contributed by atoms with Gasteiger partial charge in [0, 0.05) is 18.3 Å². The maximum Gasteiger partial charge on any atom is 0.161 e. The van der Waals surface area contributed by atoms with Gasteiger partial charge in [-0.25, -0.2) is 4.98 Å². The summed E-state index contributed by atoms with van der Waals surface area (Å²) in [6, 6.07) is 4.14. The summed E-state index contributed by atoms with van der Waals surface area (Å²) in [6.45, 7) is 7.38. The summed E-state index contributed by atoms with van der Waals surface area (Å²) in [6.07, 6.45) is 2.91. The van der Waals surface area contributed by atoms with E-state index >= 15 is 0 Å². The summed E-state index contributed by atoms with van der Waals surface area (Å²) < 4.78 is 5.67. The van der Waals surface area contributed by atoms with Gasteiger partial charge in [0.1, 0.15) is 5.82 Å². The van der Waals surface area contributed by atoms with Crippen LogP contribution in [0, 0.1) is 0 Å². The normalized spacial score (nSPS) is 24.1. The van der Waals surface area contributed by atoms with Crippen LogP contribution in [0.3, 0.4) is 0 Å². The summed E-state index contributed by atoms with van der Waals surface area (Å²) in [7, 11) is 0. The number of Topliss-reactive ketones (excluding diaryl/α,β-unsaturated/α-hetero) is 1. The summed E-state index contributed by atoms with van der Waals surface area (Å²) in [4.78, 5) is 17.9. The Balaban J connectivity index is 2.20. The summed E-state index contributed by atoms with van der Waals surface area (Å²) in [5.41, 5.74) is 0.660. The average Bonchev–Trinajstić information content (AvgIpc) is 2.39. The molecule has 2 heterocycles. The largest absolute Gasteiger partial charge is 0.375 e. The third kappa shape index (κ3) is 2.70. The smallest absolute Gasteiger partial charge is 0.161 e. The molecule has 1 aliphatic heterocycles. The summed E-state index contributed by atoms with van der Waals surface area (Å²) in [5.74, 6) is 0.985. The Bertz CT molecular complexity index is 416. The molecule has 1 saturated heterocycles. The lowest BCUT2D eigenvalue weighted by Crippen LogP contribution is -2.49. The zero-order valence-electron chi connectivity index (χ0n) is 11.2. The molecule has 98 valence electrons. The van der Waals surface area contributed by atoms with Crippen molar-refractivity contribution in [1.29, 1.82) is 0 Å². The molecule has 1 aliphatic rings. The molecule has 0 saturated carbocycles. The molecule has 1 fully saturated rings. The first kappa shape index (κ1) is 13.0. The third-order valence-electron chi connectivity index (χ3n) is 3.39. The van der Waals surface area contributed by atoms with Crippen LogP contribution >= 0.6 is 0 Å². The van der Waals surface area contributed by atoms with Crippen LogP contribution in [0.4, 0.5) is 5.82 Å². The molecule has 0 spiro atoms. The molecule has 4 nitrogen and oxygen atoms in total. The fraction of sp³-hybridized carbons (Fsp3) is 0.571. The van der Waals surface area contributed by atoms with Crippen LogP contribution < -0.4 is 4.90 Å². The second-order valence-electron chi connectivity index (χ2n) is 4.82. The van der Waals surface area contributed by atoms with E-state index in [-0.39, 0.29) is 11.9 Å². The van der Waals surface area contributed by atoms with Crippen molar-refractivity contribution >= 4 is 11.6 Å². The topological polar surface area (TPSA) is 42.4 Å². The van der Waals surface area contributed by atoms with Crippen molar-refractivity contribution in [2.45, 2.75) is 39.3 Å². The molecule has 0 bridgehead atoms. The number of anilines is 1. The number of ether oxygens (including phenoxy) is 1. The number of hydrogen-bond donors (Lipinski definition) is 0. The van der Waals surface area contributed by atoms with Gasteiger partial charge < -0.3 is 9.64 Å². The molecule has 0 aromatic carbocycles. The van der Waals surface area contributed by atoms with Gasteiger partial charge in [-0.2, -0.15) is 0 Å². The molecule has 2 rings (SSSR count). The Morgan fingerprint density at radius 3 is 2.89 bits per heavy atom. The predicted octanol–water partition coefficient (Wildman–Crippen LogP) is 2.29. The van der Waals surface area contributed by atoms with Crippen molar-refractivity contribution in [1.82, 2.24) is 4.98 Å². The molecule has 1 aromatic heterocycles. The Morgan fingerprint density at radius 2 is 2.33 bits per heavy atom. The molecular formula is C14H20N2O2. The Labute approximate surface area is 108 Å². The molecule has 0 aliphatic carbocycles. The second-order valence-corrected chi connectivity index (χ2v) is 4.82. The molecule has 1 aromatic rings. The number of ketones is 1.